The zero-order valence-corrected chi connectivity index (χ0v) is 22.8. The van der Waals surface area contributed by atoms with Gasteiger partial charge < -0.3 is 23.6 Å². The number of hydrogen-bond donors (Lipinski definition) is 0. The van der Waals surface area contributed by atoms with Crippen molar-refractivity contribution >= 4 is 23.5 Å². The fourth-order valence-corrected chi connectivity index (χ4v) is 5.26. The SMILES string of the molecule is CCOc1ccc(SN(C)c2ccc(OCC(=O)N(Cc3ccccc3)C3CCN(C)CC3)cc2)cc1. The standard InChI is InChI=1S/C30H37N3O3S/c1-4-35-27-14-16-29(17-15-27)37-32(3)25-10-12-28(13-11-25)36-23-30(34)33(22-24-8-6-5-7-9-24)26-18-20-31(2)21-19-26/h5-17,26H,4,18-23H2,1-3H3. The lowest BCUT2D eigenvalue weighted by atomic mass is 10.0. The van der Waals surface area contributed by atoms with Crippen LogP contribution in [0, 0.1) is 0 Å². The maximum atomic E-state index is 13.3. The van der Waals surface area contributed by atoms with Crippen LogP contribution in [0.25, 0.3) is 0 Å². The highest BCUT2D eigenvalue weighted by atomic mass is 32.2. The number of rotatable bonds is 11. The van der Waals surface area contributed by atoms with Crippen LogP contribution in [0.15, 0.2) is 83.8 Å². The normalized spacial score (nSPS) is 14.2. The largest absolute Gasteiger partial charge is 0.494 e. The number of carbonyl (C=O) groups excluding carboxylic acids is 1. The number of amides is 1. The van der Waals surface area contributed by atoms with Crippen LogP contribution in [0.1, 0.15) is 25.3 Å². The number of piperidine rings is 1. The fraction of sp³-hybridized carbons (Fsp3) is 0.367. The molecule has 1 aliphatic rings. The topological polar surface area (TPSA) is 45.3 Å². The molecule has 3 aromatic rings. The molecule has 0 bridgehead atoms. The summed E-state index contributed by atoms with van der Waals surface area (Å²) in [4.78, 5) is 18.8. The van der Waals surface area contributed by atoms with E-state index in [1.165, 1.54) is 0 Å². The van der Waals surface area contributed by atoms with Gasteiger partial charge in [-0.3, -0.25) is 4.79 Å². The minimum Gasteiger partial charge on any atom is -0.494 e. The molecule has 1 aliphatic heterocycles. The molecule has 7 heteroatoms. The summed E-state index contributed by atoms with van der Waals surface area (Å²) in [5.74, 6) is 1.61. The van der Waals surface area contributed by atoms with Gasteiger partial charge in [0.15, 0.2) is 6.61 Å². The van der Waals surface area contributed by atoms with Gasteiger partial charge in [0, 0.05) is 30.2 Å². The summed E-state index contributed by atoms with van der Waals surface area (Å²) < 4.78 is 13.6. The van der Waals surface area contributed by atoms with E-state index in [1.807, 2.05) is 73.5 Å². The Bertz CT molecular complexity index is 1100. The second-order valence-corrected chi connectivity index (χ2v) is 10.5. The van der Waals surface area contributed by atoms with Gasteiger partial charge in [0.2, 0.25) is 0 Å². The van der Waals surface area contributed by atoms with Crippen LogP contribution in [-0.4, -0.2) is 62.1 Å². The van der Waals surface area contributed by atoms with Crippen molar-refractivity contribution in [3.8, 4) is 11.5 Å². The maximum absolute atomic E-state index is 13.3. The molecule has 6 nitrogen and oxygen atoms in total. The first-order valence-electron chi connectivity index (χ1n) is 12.9. The third-order valence-electron chi connectivity index (χ3n) is 6.58. The van der Waals surface area contributed by atoms with Gasteiger partial charge in [-0.2, -0.15) is 0 Å². The molecule has 0 spiro atoms. The Morgan fingerprint density at radius 3 is 2.19 bits per heavy atom. The molecule has 0 unspecified atom stereocenters. The zero-order valence-electron chi connectivity index (χ0n) is 22.0. The van der Waals surface area contributed by atoms with E-state index in [2.05, 4.69) is 40.5 Å². The zero-order chi connectivity index (χ0) is 26.0. The summed E-state index contributed by atoms with van der Waals surface area (Å²) >= 11 is 1.64. The molecular weight excluding hydrogens is 482 g/mol. The van der Waals surface area contributed by atoms with E-state index in [9.17, 15) is 4.79 Å². The summed E-state index contributed by atoms with van der Waals surface area (Å²) in [6, 6.07) is 26.4. The predicted molar refractivity (Wildman–Crippen MR) is 151 cm³/mol. The molecule has 4 rings (SSSR count). The predicted octanol–water partition coefficient (Wildman–Crippen LogP) is 5.73. The molecule has 1 amide bonds. The van der Waals surface area contributed by atoms with Crippen molar-refractivity contribution in [3.05, 3.63) is 84.4 Å². The van der Waals surface area contributed by atoms with Crippen molar-refractivity contribution in [2.24, 2.45) is 0 Å². The maximum Gasteiger partial charge on any atom is 0.261 e. The van der Waals surface area contributed by atoms with Crippen molar-refractivity contribution < 1.29 is 14.3 Å². The molecule has 0 radical (unpaired) electrons. The van der Waals surface area contributed by atoms with Crippen LogP contribution in [0.3, 0.4) is 0 Å². The Morgan fingerprint density at radius 2 is 1.54 bits per heavy atom. The van der Waals surface area contributed by atoms with Crippen molar-refractivity contribution in [2.45, 2.75) is 37.2 Å². The second-order valence-electron chi connectivity index (χ2n) is 9.32. The first-order chi connectivity index (χ1) is 18.0. The third kappa shape index (κ3) is 7.91. The second kappa shape index (κ2) is 13.4. The Kier molecular flexibility index (Phi) is 9.74. The number of anilines is 1. The molecule has 0 aromatic heterocycles. The average molecular weight is 520 g/mol. The fourth-order valence-electron chi connectivity index (χ4n) is 4.46. The Morgan fingerprint density at radius 1 is 0.919 bits per heavy atom. The Labute approximate surface area is 225 Å². The molecule has 0 saturated carbocycles. The van der Waals surface area contributed by atoms with Gasteiger partial charge in [-0.1, -0.05) is 30.3 Å². The number of ether oxygens (including phenoxy) is 2. The first-order valence-corrected chi connectivity index (χ1v) is 13.7. The molecule has 196 valence electrons. The number of carbonyl (C=O) groups is 1. The molecule has 1 heterocycles. The summed E-state index contributed by atoms with van der Waals surface area (Å²) in [5, 5.41) is 0. The van der Waals surface area contributed by atoms with Gasteiger partial charge in [-0.05, 0) is 106 Å². The number of hydrogen-bond acceptors (Lipinski definition) is 6. The van der Waals surface area contributed by atoms with Crippen LogP contribution in [0.2, 0.25) is 0 Å². The smallest absolute Gasteiger partial charge is 0.261 e. The van der Waals surface area contributed by atoms with E-state index in [-0.39, 0.29) is 18.6 Å². The van der Waals surface area contributed by atoms with Crippen molar-refractivity contribution in [1.29, 1.82) is 0 Å². The molecule has 0 atom stereocenters. The minimum absolute atomic E-state index is 0.0330. The van der Waals surface area contributed by atoms with E-state index in [0.29, 0.717) is 18.9 Å². The number of benzene rings is 3. The van der Waals surface area contributed by atoms with Crippen molar-refractivity contribution in [2.75, 3.05) is 44.7 Å². The summed E-state index contributed by atoms with van der Waals surface area (Å²) in [6.07, 6.45) is 1.98. The van der Waals surface area contributed by atoms with Gasteiger partial charge in [-0.15, -0.1) is 0 Å². The van der Waals surface area contributed by atoms with E-state index < -0.39 is 0 Å². The highest BCUT2D eigenvalue weighted by Gasteiger charge is 2.27. The van der Waals surface area contributed by atoms with Crippen LogP contribution in [0.5, 0.6) is 11.5 Å². The monoisotopic (exact) mass is 519 g/mol. The van der Waals surface area contributed by atoms with Crippen molar-refractivity contribution in [3.63, 3.8) is 0 Å². The highest BCUT2D eigenvalue weighted by molar-refractivity contribution is 8.00. The molecule has 0 N–H and O–H groups in total. The van der Waals surface area contributed by atoms with Gasteiger partial charge in [0.1, 0.15) is 11.5 Å². The molecular formula is C30H37N3O3S. The van der Waals surface area contributed by atoms with E-state index >= 15 is 0 Å². The lowest BCUT2D eigenvalue weighted by molar-refractivity contribution is -0.137. The Hall–Kier alpha value is -3.16. The van der Waals surface area contributed by atoms with Crippen LogP contribution >= 0.6 is 11.9 Å². The summed E-state index contributed by atoms with van der Waals surface area (Å²) in [6.45, 7) is 5.31. The highest BCUT2D eigenvalue weighted by Crippen LogP contribution is 2.30. The quantitative estimate of drug-likeness (QED) is 0.302. The van der Waals surface area contributed by atoms with Crippen LogP contribution in [0.4, 0.5) is 5.69 Å². The van der Waals surface area contributed by atoms with Gasteiger partial charge >= 0.3 is 0 Å². The molecule has 1 saturated heterocycles. The van der Waals surface area contributed by atoms with Crippen LogP contribution < -0.4 is 13.8 Å². The van der Waals surface area contributed by atoms with Gasteiger partial charge in [0.25, 0.3) is 5.91 Å². The molecule has 3 aromatic carbocycles. The van der Waals surface area contributed by atoms with Crippen molar-refractivity contribution in [1.82, 2.24) is 9.80 Å². The average Bonchev–Trinajstić information content (AvgIpc) is 2.93. The van der Waals surface area contributed by atoms with E-state index in [4.69, 9.17) is 9.47 Å². The number of nitrogens with zero attached hydrogens (tertiary/aromatic N) is 3. The Balaban J connectivity index is 1.33. The lowest BCUT2D eigenvalue weighted by Crippen LogP contribution is -2.47. The summed E-state index contributed by atoms with van der Waals surface area (Å²) in [5.41, 5.74) is 2.20. The lowest BCUT2D eigenvalue weighted by Gasteiger charge is -2.37. The molecule has 37 heavy (non-hydrogen) atoms. The third-order valence-corrected chi connectivity index (χ3v) is 7.55. The van der Waals surface area contributed by atoms with E-state index in [0.717, 1.165) is 47.8 Å². The molecule has 1 fully saturated rings. The van der Waals surface area contributed by atoms with Crippen LogP contribution in [-0.2, 0) is 11.3 Å². The minimum atomic E-state index is 0.0330. The summed E-state index contributed by atoms with van der Waals surface area (Å²) in [7, 11) is 4.17. The van der Waals surface area contributed by atoms with Gasteiger partial charge in [-0.25, -0.2) is 0 Å². The van der Waals surface area contributed by atoms with Gasteiger partial charge in [0.05, 0.1) is 6.61 Å². The first kappa shape index (κ1) is 26.9. The molecule has 0 aliphatic carbocycles. The number of likely N-dealkylation sites (tertiary alicyclic amines) is 1. The van der Waals surface area contributed by atoms with E-state index in [1.54, 1.807) is 11.9 Å².